The highest BCUT2D eigenvalue weighted by molar-refractivity contribution is 7.10. The number of benzene rings is 1. The number of rotatable bonds is 4. The molecule has 0 bridgehead atoms. The number of thiophene rings is 1. The second-order valence-electron chi connectivity index (χ2n) is 4.13. The topological polar surface area (TPSA) is 29.1 Å². The lowest BCUT2D eigenvalue weighted by Gasteiger charge is -2.12. The average Bonchev–Trinajstić information content (AvgIpc) is 2.90. The third kappa shape index (κ3) is 4.23. The first-order valence-corrected chi connectivity index (χ1v) is 7.18. The zero-order valence-corrected chi connectivity index (χ0v) is 12.0. The third-order valence-electron chi connectivity index (χ3n) is 2.67. The highest BCUT2D eigenvalue weighted by Crippen LogP contribution is 2.16. The standard InChI is InChI=1S/C15H14ClNOS/c1-11(12-4-6-13(16)7-5-12)17-15(18)9-8-14-3-2-10-19-14/h2-11H,1H3,(H,17,18). The van der Waals surface area contributed by atoms with Gasteiger partial charge in [0.25, 0.3) is 0 Å². The van der Waals surface area contributed by atoms with E-state index in [1.165, 1.54) is 0 Å². The van der Waals surface area contributed by atoms with Gasteiger partial charge < -0.3 is 5.32 Å². The van der Waals surface area contributed by atoms with Gasteiger partial charge in [-0.25, -0.2) is 0 Å². The molecule has 19 heavy (non-hydrogen) atoms. The molecule has 0 saturated heterocycles. The second kappa shape index (κ2) is 6.55. The van der Waals surface area contributed by atoms with Gasteiger partial charge in [-0.15, -0.1) is 11.3 Å². The van der Waals surface area contributed by atoms with Crippen LogP contribution in [0.5, 0.6) is 0 Å². The molecule has 1 aromatic carbocycles. The molecule has 1 atom stereocenters. The van der Waals surface area contributed by atoms with Crippen molar-refractivity contribution >= 4 is 34.9 Å². The van der Waals surface area contributed by atoms with Crippen LogP contribution in [0, 0.1) is 0 Å². The van der Waals surface area contributed by atoms with E-state index >= 15 is 0 Å². The van der Waals surface area contributed by atoms with Gasteiger partial charge >= 0.3 is 0 Å². The van der Waals surface area contributed by atoms with Crippen molar-refractivity contribution in [1.29, 1.82) is 0 Å². The molecule has 0 aliphatic rings. The van der Waals surface area contributed by atoms with Crippen LogP contribution < -0.4 is 5.32 Å². The molecule has 1 unspecified atom stereocenters. The van der Waals surface area contributed by atoms with E-state index in [4.69, 9.17) is 11.6 Å². The predicted molar refractivity (Wildman–Crippen MR) is 81.4 cm³/mol. The smallest absolute Gasteiger partial charge is 0.244 e. The van der Waals surface area contributed by atoms with Crippen molar-refractivity contribution in [2.45, 2.75) is 13.0 Å². The van der Waals surface area contributed by atoms with Gasteiger partial charge in [-0.1, -0.05) is 29.8 Å². The fraction of sp³-hybridized carbons (Fsp3) is 0.133. The van der Waals surface area contributed by atoms with Crippen molar-refractivity contribution in [1.82, 2.24) is 5.32 Å². The van der Waals surface area contributed by atoms with Crippen LogP contribution in [0.2, 0.25) is 5.02 Å². The average molecular weight is 292 g/mol. The second-order valence-corrected chi connectivity index (χ2v) is 5.55. The minimum absolute atomic E-state index is 0.0437. The van der Waals surface area contributed by atoms with Gasteiger partial charge in [0.15, 0.2) is 0 Å². The van der Waals surface area contributed by atoms with Crippen LogP contribution in [0.3, 0.4) is 0 Å². The maximum Gasteiger partial charge on any atom is 0.244 e. The minimum Gasteiger partial charge on any atom is -0.346 e. The molecule has 4 heteroatoms. The summed E-state index contributed by atoms with van der Waals surface area (Å²) >= 11 is 7.43. The van der Waals surface area contributed by atoms with Crippen LogP contribution in [-0.4, -0.2) is 5.91 Å². The Labute approximate surface area is 121 Å². The Morgan fingerprint density at radius 1 is 1.32 bits per heavy atom. The highest BCUT2D eigenvalue weighted by atomic mass is 35.5. The monoisotopic (exact) mass is 291 g/mol. The minimum atomic E-state index is -0.101. The Morgan fingerprint density at radius 2 is 2.05 bits per heavy atom. The molecular formula is C15H14ClNOS. The molecule has 0 saturated carbocycles. The number of halogens is 1. The van der Waals surface area contributed by atoms with Crippen molar-refractivity contribution in [3.63, 3.8) is 0 Å². The van der Waals surface area contributed by atoms with E-state index in [1.54, 1.807) is 17.4 Å². The summed E-state index contributed by atoms with van der Waals surface area (Å²) in [5.41, 5.74) is 1.03. The molecule has 1 heterocycles. The molecule has 1 amide bonds. The Morgan fingerprint density at radius 3 is 2.68 bits per heavy atom. The Balaban J connectivity index is 1.93. The Bertz CT molecular complexity index is 560. The SMILES string of the molecule is CC(NC(=O)C=Cc1cccs1)c1ccc(Cl)cc1. The molecule has 1 N–H and O–H groups in total. The summed E-state index contributed by atoms with van der Waals surface area (Å²) < 4.78 is 0. The molecule has 0 aliphatic carbocycles. The maximum absolute atomic E-state index is 11.8. The zero-order chi connectivity index (χ0) is 13.7. The van der Waals surface area contributed by atoms with E-state index in [-0.39, 0.29) is 11.9 Å². The van der Waals surface area contributed by atoms with E-state index in [0.717, 1.165) is 10.4 Å². The maximum atomic E-state index is 11.8. The van der Waals surface area contributed by atoms with Gasteiger partial charge in [-0.2, -0.15) is 0 Å². The Kier molecular flexibility index (Phi) is 4.77. The zero-order valence-electron chi connectivity index (χ0n) is 10.5. The van der Waals surface area contributed by atoms with E-state index in [2.05, 4.69) is 5.32 Å². The van der Waals surface area contributed by atoms with Crippen molar-refractivity contribution in [2.24, 2.45) is 0 Å². The molecule has 0 radical (unpaired) electrons. The summed E-state index contributed by atoms with van der Waals surface area (Å²) in [5, 5.41) is 5.59. The fourth-order valence-corrected chi connectivity index (χ4v) is 2.38. The van der Waals surface area contributed by atoms with Gasteiger partial charge in [-0.05, 0) is 42.1 Å². The quantitative estimate of drug-likeness (QED) is 0.837. The fourth-order valence-electron chi connectivity index (χ4n) is 1.64. The van der Waals surface area contributed by atoms with E-state index in [9.17, 15) is 4.79 Å². The van der Waals surface area contributed by atoms with Gasteiger partial charge in [0.1, 0.15) is 0 Å². The molecule has 1 aromatic heterocycles. The third-order valence-corrected chi connectivity index (χ3v) is 3.76. The van der Waals surface area contributed by atoms with Gasteiger partial charge in [-0.3, -0.25) is 4.79 Å². The van der Waals surface area contributed by atoms with Gasteiger partial charge in [0.05, 0.1) is 6.04 Å². The molecule has 2 aromatic rings. The summed E-state index contributed by atoms with van der Waals surface area (Å²) in [7, 11) is 0. The number of amides is 1. The number of hydrogen-bond donors (Lipinski definition) is 1. The molecule has 0 aliphatic heterocycles. The largest absolute Gasteiger partial charge is 0.346 e. The summed E-state index contributed by atoms with van der Waals surface area (Å²) in [6, 6.07) is 11.3. The predicted octanol–water partition coefficient (Wildman–Crippen LogP) is 4.29. The molecular weight excluding hydrogens is 278 g/mol. The van der Waals surface area contributed by atoms with Crippen LogP contribution in [0.25, 0.3) is 6.08 Å². The molecule has 2 rings (SSSR count). The van der Waals surface area contributed by atoms with E-state index < -0.39 is 0 Å². The lowest BCUT2D eigenvalue weighted by atomic mass is 10.1. The number of carbonyl (C=O) groups is 1. The molecule has 98 valence electrons. The number of nitrogens with one attached hydrogen (secondary N) is 1. The normalized spacial score (nSPS) is 12.5. The van der Waals surface area contributed by atoms with Crippen LogP contribution in [0.1, 0.15) is 23.4 Å². The molecule has 2 nitrogen and oxygen atoms in total. The summed E-state index contributed by atoms with van der Waals surface area (Å²) in [6.07, 6.45) is 3.37. The van der Waals surface area contributed by atoms with Gasteiger partial charge in [0.2, 0.25) is 5.91 Å². The van der Waals surface area contributed by atoms with Crippen molar-refractivity contribution in [3.05, 3.63) is 63.3 Å². The summed E-state index contributed by atoms with van der Waals surface area (Å²) in [6.45, 7) is 1.94. The molecule has 0 spiro atoms. The first-order chi connectivity index (χ1) is 9.15. The van der Waals surface area contributed by atoms with Crippen molar-refractivity contribution in [3.8, 4) is 0 Å². The van der Waals surface area contributed by atoms with Crippen LogP contribution in [0.4, 0.5) is 0 Å². The highest BCUT2D eigenvalue weighted by Gasteiger charge is 2.07. The lowest BCUT2D eigenvalue weighted by molar-refractivity contribution is -0.117. The first-order valence-electron chi connectivity index (χ1n) is 5.93. The van der Waals surface area contributed by atoms with Crippen molar-refractivity contribution in [2.75, 3.05) is 0 Å². The van der Waals surface area contributed by atoms with Crippen LogP contribution >= 0.6 is 22.9 Å². The van der Waals surface area contributed by atoms with Crippen LogP contribution in [0.15, 0.2) is 47.9 Å². The number of hydrogen-bond acceptors (Lipinski definition) is 2. The molecule has 0 fully saturated rings. The van der Waals surface area contributed by atoms with E-state index in [1.807, 2.05) is 54.8 Å². The van der Waals surface area contributed by atoms with Crippen molar-refractivity contribution < 1.29 is 4.79 Å². The van der Waals surface area contributed by atoms with Gasteiger partial charge in [0, 0.05) is 16.0 Å². The number of carbonyl (C=O) groups excluding carboxylic acids is 1. The van der Waals surface area contributed by atoms with E-state index in [0.29, 0.717) is 5.02 Å². The van der Waals surface area contributed by atoms with Crippen LogP contribution in [-0.2, 0) is 4.79 Å². The summed E-state index contributed by atoms with van der Waals surface area (Å²) in [5.74, 6) is -0.101. The first kappa shape index (κ1) is 13.8. The Hall–Kier alpha value is -1.58. The summed E-state index contributed by atoms with van der Waals surface area (Å²) in [4.78, 5) is 12.8. The lowest BCUT2D eigenvalue weighted by Crippen LogP contribution is -2.24.